The molecular formula is C23H19N5. The molecule has 0 bridgehead atoms. The van der Waals surface area contributed by atoms with Crippen molar-refractivity contribution < 1.29 is 0 Å². The molecule has 4 rings (SSSR count). The maximum absolute atomic E-state index is 5.97. The van der Waals surface area contributed by atoms with E-state index in [1.54, 1.807) is 18.6 Å². The lowest BCUT2D eigenvalue weighted by Gasteiger charge is -2.10. The first-order valence-corrected chi connectivity index (χ1v) is 8.89. The van der Waals surface area contributed by atoms with Crippen LogP contribution in [0.5, 0.6) is 0 Å². The van der Waals surface area contributed by atoms with Gasteiger partial charge < -0.3 is 11.1 Å². The molecule has 28 heavy (non-hydrogen) atoms. The molecule has 0 aliphatic heterocycles. The van der Waals surface area contributed by atoms with E-state index >= 15 is 0 Å². The molecule has 5 heteroatoms. The molecule has 0 aliphatic rings. The molecule has 136 valence electrons. The van der Waals surface area contributed by atoms with Gasteiger partial charge in [-0.1, -0.05) is 24.3 Å². The van der Waals surface area contributed by atoms with Crippen LogP contribution in [0.2, 0.25) is 0 Å². The summed E-state index contributed by atoms with van der Waals surface area (Å²) in [4.78, 5) is 12.7. The highest BCUT2D eigenvalue weighted by molar-refractivity contribution is 5.76. The van der Waals surface area contributed by atoms with Crippen LogP contribution in [-0.2, 0) is 0 Å². The van der Waals surface area contributed by atoms with Gasteiger partial charge in [-0.25, -0.2) is 4.98 Å². The third-order valence-corrected chi connectivity index (χ3v) is 4.23. The van der Waals surface area contributed by atoms with Crippen LogP contribution < -0.4 is 11.1 Å². The summed E-state index contributed by atoms with van der Waals surface area (Å²) in [7, 11) is 0. The smallest absolute Gasteiger partial charge is 0.153 e. The monoisotopic (exact) mass is 365 g/mol. The van der Waals surface area contributed by atoms with Gasteiger partial charge in [-0.15, -0.1) is 0 Å². The summed E-state index contributed by atoms with van der Waals surface area (Å²) in [5.41, 5.74) is 11.7. The Morgan fingerprint density at radius 2 is 1.61 bits per heavy atom. The molecule has 1 aromatic carbocycles. The second-order valence-electron chi connectivity index (χ2n) is 6.27. The predicted molar refractivity (Wildman–Crippen MR) is 115 cm³/mol. The maximum Gasteiger partial charge on any atom is 0.153 e. The molecule has 3 heterocycles. The second-order valence-corrected chi connectivity index (χ2v) is 6.27. The summed E-state index contributed by atoms with van der Waals surface area (Å²) < 4.78 is 0. The summed E-state index contributed by atoms with van der Waals surface area (Å²) >= 11 is 0. The molecule has 4 aromatic rings. The van der Waals surface area contributed by atoms with E-state index < -0.39 is 0 Å². The fourth-order valence-electron chi connectivity index (χ4n) is 2.81. The van der Waals surface area contributed by atoms with E-state index in [2.05, 4.69) is 38.5 Å². The standard InChI is InChI=1S/C23H19N5/c24-22-5-2-10-27-23(22)28-21-4-1-3-19(14-21)20-13-18(15-26-16-20)7-6-17-8-11-25-12-9-17/h1-16H,24H2,(H,27,28)/b7-6+. The lowest BCUT2D eigenvalue weighted by atomic mass is 10.0. The van der Waals surface area contributed by atoms with E-state index in [9.17, 15) is 0 Å². The largest absolute Gasteiger partial charge is 0.396 e. The van der Waals surface area contributed by atoms with Crippen LogP contribution in [0.4, 0.5) is 17.2 Å². The summed E-state index contributed by atoms with van der Waals surface area (Å²) in [5, 5.41) is 3.27. The van der Waals surface area contributed by atoms with E-state index in [0.717, 1.165) is 27.9 Å². The third kappa shape index (κ3) is 4.22. The SMILES string of the molecule is Nc1cccnc1Nc1cccc(-c2cncc(/C=C/c3ccncc3)c2)c1. The molecule has 0 spiro atoms. The number of anilines is 3. The van der Waals surface area contributed by atoms with Gasteiger partial charge >= 0.3 is 0 Å². The van der Waals surface area contributed by atoms with Gasteiger partial charge in [0.1, 0.15) is 0 Å². The molecular weight excluding hydrogens is 346 g/mol. The van der Waals surface area contributed by atoms with Crippen LogP contribution in [0, 0.1) is 0 Å². The van der Waals surface area contributed by atoms with Gasteiger partial charge in [0, 0.05) is 42.2 Å². The number of benzene rings is 1. The molecule has 5 nitrogen and oxygen atoms in total. The summed E-state index contributed by atoms with van der Waals surface area (Å²) in [6, 6.07) is 17.8. The van der Waals surface area contributed by atoms with Crippen LogP contribution in [0.15, 0.2) is 85.6 Å². The number of hydrogen-bond acceptors (Lipinski definition) is 5. The molecule has 0 saturated heterocycles. The Morgan fingerprint density at radius 1 is 0.750 bits per heavy atom. The number of rotatable bonds is 5. The van der Waals surface area contributed by atoms with E-state index in [1.807, 2.05) is 60.9 Å². The molecule has 0 aliphatic carbocycles. The number of pyridine rings is 3. The van der Waals surface area contributed by atoms with Gasteiger partial charge in [-0.05, 0) is 59.2 Å². The zero-order chi connectivity index (χ0) is 19.2. The van der Waals surface area contributed by atoms with Crippen LogP contribution in [0.3, 0.4) is 0 Å². The number of hydrogen-bond donors (Lipinski definition) is 2. The van der Waals surface area contributed by atoms with E-state index in [-0.39, 0.29) is 0 Å². The lowest BCUT2D eigenvalue weighted by molar-refractivity contribution is 1.31. The summed E-state index contributed by atoms with van der Waals surface area (Å²) in [6.45, 7) is 0. The van der Waals surface area contributed by atoms with Gasteiger partial charge in [-0.2, -0.15) is 0 Å². The maximum atomic E-state index is 5.97. The molecule has 0 saturated carbocycles. The van der Waals surface area contributed by atoms with Crippen molar-refractivity contribution in [2.75, 3.05) is 11.1 Å². The van der Waals surface area contributed by atoms with Crippen molar-refractivity contribution >= 4 is 29.3 Å². The number of nitrogen functional groups attached to an aromatic ring is 1. The summed E-state index contributed by atoms with van der Waals surface area (Å²) in [6.07, 6.45) is 13.1. The van der Waals surface area contributed by atoms with Crippen molar-refractivity contribution in [3.05, 3.63) is 96.7 Å². The molecule has 3 aromatic heterocycles. The molecule has 0 fully saturated rings. The van der Waals surface area contributed by atoms with Gasteiger partial charge in [0.05, 0.1) is 5.69 Å². The predicted octanol–water partition coefficient (Wildman–Crippen LogP) is 5.03. The van der Waals surface area contributed by atoms with Crippen LogP contribution in [0.1, 0.15) is 11.1 Å². The van der Waals surface area contributed by atoms with Crippen LogP contribution >= 0.6 is 0 Å². The van der Waals surface area contributed by atoms with Gasteiger partial charge in [0.2, 0.25) is 0 Å². The van der Waals surface area contributed by atoms with Gasteiger partial charge in [0.15, 0.2) is 5.82 Å². The molecule has 0 unspecified atom stereocenters. The Labute approximate surface area is 163 Å². The van der Waals surface area contributed by atoms with Crippen molar-refractivity contribution in [3.63, 3.8) is 0 Å². The normalized spacial score (nSPS) is 10.9. The molecule has 0 atom stereocenters. The Balaban J connectivity index is 1.58. The van der Waals surface area contributed by atoms with Crippen LogP contribution in [0.25, 0.3) is 23.3 Å². The Kier molecular flexibility index (Phi) is 5.06. The van der Waals surface area contributed by atoms with Crippen molar-refractivity contribution in [2.24, 2.45) is 0 Å². The zero-order valence-corrected chi connectivity index (χ0v) is 15.2. The highest BCUT2D eigenvalue weighted by Crippen LogP contribution is 2.26. The zero-order valence-electron chi connectivity index (χ0n) is 15.2. The highest BCUT2D eigenvalue weighted by atomic mass is 15.0. The van der Waals surface area contributed by atoms with Gasteiger partial charge in [0.25, 0.3) is 0 Å². The Hall–Kier alpha value is -3.99. The summed E-state index contributed by atoms with van der Waals surface area (Å²) in [5.74, 6) is 0.645. The first-order valence-electron chi connectivity index (χ1n) is 8.89. The van der Waals surface area contributed by atoms with E-state index in [0.29, 0.717) is 11.5 Å². The minimum Gasteiger partial charge on any atom is -0.396 e. The van der Waals surface area contributed by atoms with Crippen molar-refractivity contribution in [1.29, 1.82) is 0 Å². The van der Waals surface area contributed by atoms with Crippen molar-refractivity contribution in [3.8, 4) is 11.1 Å². The molecule has 0 amide bonds. The number of aromatic nitrogens is 3. The number of nitrogens with two attached hydrogens (primary N) is 1. The second kappa shape index (κ2) is 8.14. The van der Waals surface area contributed by atoms with Crippen molar-refractivity contribution in [1.82, 2.24) is 15.0 Å². The lowest BCUT2D eigenvalue weighted by Crippen LogP contribution is -1.98. The quantitative estimate of drug-likeness (QED) is 0.518. The van der Waals surface area contributed by atoms with Gasteiger partial charge in [-0.3, -0.25) is 9.97 Å². The third-order valence-electron chi connectivity index (χ3n) is 4.23. The molecule has 3 N–H and O–H groups in total. The van der Waals surface area contributed by atoms with Crippen molar-refractivity contribution in [2.45, 2.75) is 0 Å². The fraction of sp³-hybridized carbons (Fsp3) is 0. The van der Waals surface area contributed by atoms with E-state index in [1.165, 1.54) is 0 Å². The fourth-order valence-corrected chi connectivity index (χ4v) is 2.81. The highest BCUT2D eigenvalue weighted by Gasteiger charge is 2.04. The Bertz CT molecular complexity index is 1110. The minimum absolute atomic E-state index is 0.609. The average Bonchev–Trinajstić information content (AvgIpc) is 2.75. The first kappa shape index (κ1) is 17.4. The van der Waals surface area contributed by atoms with Crippen LogP contribution in [-0.4, -0.2) is 15.0 Å². The first-order chi connectivity index (χ1) is 13.8. The molecule has 0 radical (unpaired) electrons. The Morgan fingerprint density at radius 3 is 2.46 bits per heavy atom. The van der Waals surface area contributed by atoms with E-state index in [4.69, 9.17) is 5.73 Å². The topological polar surface area (TPSA) is 76.7 Å². The average molecular weight is 365 g/mol. The number of nitrogens with zero attached hydrogens (tertiary/aromatic N) is 3. The number of nitrogens with one attached hydrogen (secondary N) is 1. The minimum atomic E-state index is 0.609.